The molecular weight excluding hydrogens is 402 g/mol. The van der Waals surface area contributed by atoms with Gasteiger partial charge in [0.15, 0.2) is 0 Å². The van der Waals surface area contributed by atoms with Crippen molar-refractivity contribution >= 4 is 22.9 Å². The van der Waals surface area contributed by atoms with Gasteiger partial charge in [0.25, 0.3) is 0 Å². The van der Waals surface area contributed by atoms with Crippen LogP contribution in [0.5, 0.6) is 0 Å². The normalized spacial score (nSPS) is 19.3. The van der Waals surface area contributed by atoms with Gasteiger partial charge in [-0.2, -0.15) is 0 Å². The highest BCUT2D eigenvalue weighted by Crippen LogP contribution is 2.24. The van der Waals surface area contributed by atoms with Crippen molar-refractivity contribution in [3.63, 3.8) is 0 Å². The fraction of sp³-hybridized carbons (Fsp3) is 0.385. The predicted octanol–water partition coefficient (Wildman–Crippen LogP) is 4.70. The van der Waals surface area contributed by atoms with Crippen LogP contribution in [0.1, 0.15) is 43.7 Å². The van der Waals surface area contributed by atoms with Crippen LogP contribution in [0.2, 0.25) is 0 Å². The second-order valence-corrected chi connectivity index (χ2v) is 8.70. The third kappa shape index (κ3) is 5.49. The molecule has 1 aromatic heterocycles. The van der Waals surface area contributed by atoms with Gasteiger partial charge < -0.3 is 20.4 Å². The lowest BCUT2D eigenvalue weighted by Gasteiger charge is -2.31. The van der Waals surface area contributed by atoms with Gasteiger partial charge in [-0.25, -0.2) is 4.79 Å². The van der Waals surface area contributed by atoms with Gasteiger partial charge in [0, 0.05) is 29.6 Å². The first kappa shape index (κ1) is 21.9. The van der Waals surface area contributed by atoms with Gasteiger partial charge in [0.2, 0.25) is 5.91 Å². The molecule has 168 valence electrons. The number of hydrogen-bond donors (Lipinski definition) is 3. The summed E-state index contributed by atoms with van der Waals surface area (Å²) in [4.78, 5) is 29.0. The zero-order valence-electron chi connectivity index (χ0n) is 18.5. The Morgan fingerprint density at radius 1 is 1.06 bits per heavy atom. The third-order valence-electron chi connectivity index (χ3n) is 6.36. The largest absolute Gasteiger partial charge is 0.445 e. The maximum atomic E-state index is 13.2. The van der Waals surface area contributed by atoms with E-state index in [-0.39, 0.29) is 18.6 Å². The van der Waals surface area contributed by atoms with Crippen LogP contribution in [-0.2, 0) is 22.6 Å². The lowest BCUT2D eigenvalue weighted by atomic mass is 9.85. The summed E-state index contributed by atoms with van der Waals surface area (Å²) in [5, 5.41) is 7.05. The van der Waals surface area contributed by atoms with Gasteiger partial charge in [-0.05, 0) is 36.0 Å². The fourth-order valence-corrected chi connectivity index (χ4v) is 4.45. The minimum absolute atomic E-state index is 0.142. The lowest BCUT2D eigenvalue weighted by molar-refractivity contribution is -0.124. The van der Waals surface area contributed by atoms with E-state index < -0.39 is 12.1 Å². The summed E-state index contributed by atoms with van der Waals surface area (Å²) >= 11 is 0. The number of aromatic nitrogens is 1. The first-order valence-corrected chi connectivity index (χ1v) is 11.4. The van der Waals surface area contributed by atoms with Gasteiger partial charge in [-0.15, -0.1) is 0 Å². The Morgan fingerprint density at radius 2 is 1.81 bits per heavy atom. The number of amides is 2. The summed E-state index contributed by atoms with van der Waals surface area (Å²) in [6.45, 7) is 2.34. The number of carbonyl (C=O) groups excluding carboxylic acids is 2. The minimum atomic E-state index is -0.716. The average molecular weight is 434 g/mol. The van der Waals surface area contributed by atoms with Gasteiger partial charge in [0.05, 0.1) is 0 Å². The second-order valence-electron chi connectivity index (χ2n) is 8.70. The molecule has 6 heteroatoms. The van der Waals surface area contributed by atoms with Crippen molar-refractivity contribution in [2.24, 2.45) is 5.92 Å². The van der Waals surface area contributed by atoms with E-state index in [2.05, 4.69) is 22.5 Å². The SMILES string of the molecule is C[C@H]1CCCC[C@@H]1NC(=O)[C@H](Cc1c[nH]c2ccccc12)NC(=O)OCc1ccccc1. The first-order chi connectivity index (χ1) is 15.6. The number of carbonyl (C=O) groups is 2. The maximum Gasteiger partial charge on any atom is 0.408 e. The molecule has 0 bridgehead atoms. The Morgan fingerprint density at radius 3 is 2.62 bits per heavy atom. The highest BCUT2D eigenvalue weighted by atomic mass is 16.5. The number of rotatable bonds is 7. The van der Waals surface area contributed by atoms with Crippen LogP contribution in [0, 0.1) is 5.92 Å². The van der Waals surface area contributed by atoms with Crippen molar-refractivity contribution in [1.29, 1.82) is 0 Å². The first-order valence-electron chi connectivity index (χ1n) is 11.4. The molecule has 2 aromatic carbocycles. The Labute approximate surface area is 188 Å². The highest BCUT2D eigenvalue weighted by molar-refractivity contribution is 5.88. The molecular formula is C26H31N3O3. The number of para-hydroxylation sites is 1. The van der Waals surface area contributed by atoms with Gasteiger partial charge in [-0.1, -0.05) is 68.3 Å². The number of alkyl carbamates (subject to hydrolysis) is 1. The monoisotopic (exact) mass is 433 g/mol. The fourth-order valence-electron chi connectivity index (χ4n) is 4.45. The molecule has 0 unspecified atom stereocenters. The smallest absolute Gasteiger partial charge is 0.408 e. The Kier molecular flexibility index (Phi) is 7.10. The topological polar surface area (TPSA) is 83.2 Å². The lowest BCUT2D eigenvalue weighted by Crippen LogP contribution is -2.52. The van der Waals surface area contributed by atoms with Crippen molar-refractivity contribution in [2.45, 2.75) is 57.7 Å². The van der Waals surface area contributed by atoms with E-state index in [1.165, 1.54) is 6.42 Å². The molecule has 3 atom stereocenters. The van der Waals surface area contributed by atoms with Crippen LogP contribution in [-0.4, -0.2) is 29.1 Å². The molecule has 32 heavy (non-hydrogen) atoms. The molecule has 1 saturated carbocycles. The summed E-state index contributed by atoms with van der Waals surface area (Å²) < 4.78 is 5.39. The molecule has 0 aliphatic heterocycles. The van der Waals surface area contributed by atoms with Gasteiger partial charge >= 0.3 is 6.09 Å². The summed E-state index contributed by atoms with van der Waals surface area (Å²) in [5.74, 6) is 0.275. The number of nitrogens with one attached hydrogen (secondary N) is 3. The molecule has 3 N–H and O–H groups in total. The molecule has 2 amide bonds. The second kappa shape index (κ2) is 10.4. The molecule has 1 aliphatic rings. The number of hydrogen-bond acceptors (Lipinski definition) is 3. The molecule has 1 fully saturated rings. The van der Waals surface area contributed by atoms with E-state index in [0.29, 0.717) is 12.3 Å². The van der Waals surface area contributed by atoms with Crippen molar-refractivity contribution in [3.05, 3.63) is 71.9 Å². The predicted molar refractivity (Wildman–Crippen MR) is 125 cm³/mol. The van der Waals surface area contributed by atoms with Crippen LogP contribution in [0.4, 0.5) is 4.79 Å². The Hall–Kier alpha value is -3.28. The van der Waals surface area contributed by atoms with Crippen LogP contribution >= 0.6 is 0 Å². The van der Waals surface area contributed by atoms with Crippen molar-refractivity contribution < 1.29 is 14.3 Å². The number of H-pyrrole nitrogens is 1. The van der Waals surface area contributed by atoms with E-state index in [4.69, 9.17) is 4.74 Å². The molecule has 1 aliphatic carbocycles. The van der Waals surface area contributed by atoms with Crippen molar-refractivity contribution in [1.82, 2.24) is 15.6 Å². The van der Waals surface area contributed by atoms with E-state index >= 15 is 0 Å². The number of ether oxygens (including phenoxy) is 1. The average Bonchev–Trinajstić information content (AvgIpc) is 3.22. The van der Waals surface area contributed by atoms with Crippen LogP contribution in [0.3, 0.4) is 0 Å². The van der Waals surface area contributed by atoms with Crippen LogP contribution in [0.15, 0.2) is 60.8 Å². The summed E-state index contributed by atoms with van der Waals surface area (Å²) in [6.07, 6.45) is 6.12. The quantitative estimate of drug-likeness (QED) is 0.505. The minimum Gasteiger partial charge on any atom is -0.445 e. The Bertz CT molecular complexity index is 1050. The molecule has 0 radical (unpaired) electrons. The molecule has 4 rings (SSSR count). The standard InChI is InChI=1S/C26H31N3O3/c1-18-9-5-7-13-22(18)28-25(30)24(15-20-16-27-23-14-8-6-12-21(20)23)29-26(31)32-17-19-10-3-2-4-11-19/h2-4,6,8,10-12,14,16,18,22,24,27H,5,7,9,13,15,17H2,1H3,(H,28,30)(H,29,31)/t18-,22-,24-/m0/s1. The number of benzene rings is 2. The molecule has 6 nitrogen and oxygen atoms in total. The number of fused-ring (bicyclic) bond motifs is 1. The van der Waals surface area contributed by atoms with E-state index in [9.17, 15) is 9.59 Å². The highest BCUT2D eigenvalue weighted by Gasteiger charge is 2.28. The van der Waals surface area contributed by atoms with Crippen LogP contribution in [0.25, 0.3) is 10.9 Å². The molecule has 0 saturated heterocycles. The molecule has 0 spiro atoms. The van der Waals surface area contributed by atoms with E-state index in [1.54, 1.807) is 0 Å². The molecule has 3 aromatic rings. The van der Waals surface area contributed by atoms with Crippen molar-refractivity contribution in [3.8, 4) is 0 Å². The summed E-state index contributed by atoms with van der Waals surface area (Å²) in [7, 11) is 0. The zero-order valence-corrected chi connectivity index (χ0v) is 18.5. The third-order valence-corrected chi connectivity index (χ3v) is 6.36. The molecule has 1 heterocycles. The maximum absolute atomic E-state index is 13.2. The summed E-state index contributed by atoms with van der Waals surface area (Å²) in [5.41, 5.74) is 2.89. The van der Waals surface area contributed by atoms with Gasteiger partial charge in [-0.3, -0.25) is 4.79 Å². The summed E-state index contributed by atoms with van der Waals surface area (Å²) in [6, 6.07) is 16.9. The Balaban J connectivity index is 1.46. The zero-order chi connectivity index (χ0) is 22.3. The number of aromatic amines is 1. The van der Waals surface area contributed by atoms with E-state index in [1.807, 2.05) is 60.8 Å². The van der Waals surface area contributed by atoms with Gasteiger partial charge in [0.1, 0.15) is 12.6 Å². The van der Waals surface area contributed by atoms with Crippen molar-refractivity contribution in [2.75, 3.05) is 0 Å². The van der Waals surface area contributed by atoms with E-state index in [0.717, 1.165) is 41.3 Å². The van der Waals surface area contributed by atoms with Crippen LogP contribution < -0.4 is 10.6 Å².